The van der Waals surface area contributed by atoms with Crippen LogP contribution in [0.2, 0.25) is 0 Å². The second-order valence-electron chi connectivity index (χ2n) is 5.63. The fraction of sp³-hybridized carbons (Fsp3) is 0.929. The Labute approximate surface area is 122 Å². The van der Waals surface area contributed by atoms with E-state index in [1.165, 1.54) is 19.3 Å². The Morgan fingerprint density at radius 1 is 1.35 bits per heavy atom. The van der Waals surface area contributed by atoms with Gasteiger partial charge in [-0.05, 0) is 26.2 Å². The van der Waals surface area contributed by atoms with Crippen molar-refractivity contribution >= 4 is 15.8 Å². The number of carbonyl (C=O) groups is 1. The maximum Gasteiger partial charge on any atom is 0.320 e. The van der Waals surface area contributed by atoms with Crippen molar-refractivity contribution in [2.45, 2.75) is 64.5 Å². The Kier molecular flexibility index (Phi) is 7.51. The Morgan fingerprint density at radius 2 is 2.10 bits per heavy atom. The lowest BCUT2D eigenvalue weighted by Gasteiger charge is -2.15. The molecule has 0 spiro atoms. The van der Waals surface area contributed by atoms with E-state index >= 15 is 0 Å². The van der Waals surface area contributed by atoms with E-state index in [0.717, 1.165) is 12.8 Å². The molecule has 0 radical (unpaired) electrons. The Hall–Kier alpha value is -0.620. The Balaban J connectivity index is 2.11. The van der Waals surface area contributed by atoms with Gasteiger partial charge in [-0.2, -0.15) is 0 Å². The number of esters is 1. The van der Waals surface area contributed by atoms with Crippen molar-refractivity contribution in [3.05, 3.63) is 0 Å². The van der Waals surface area contributed by atoms with Gasteiger partial charge in [0.05, 0.1) is 24.2 Å². The first-order valence-electron chi connectivity index (χ1n) is 7.56. The number of carbonyl (C=O) groups excluding carboxylic acids is 1. The number of unbranched alkanes of at least 4 members (excludes halogenated alkanes) is 3. The fourth-order valence-electron chi connectivity index (χ4n) is 2.37. The minimum atomic E-state index is -2.90. The number of sulfone groups is 1. The maximum atomic E-state index is 11.6. The van der Waals surface area contributed by atoms with E-state index in [0.29, 0.717) is 6.42 Å². The standard InChI is InChI=1S/C14H27NO4S/c1-3-4-5-6-7-12(2)19-14(16)10-15-13-8-9-20(17,18)11-13/h12-13,15H,3-11H2,1-2H3. The van der Waals surface area contributed by atoms with E-state index in [1.54, 1.807) is 0 Å². The van der Waals surface area contributed by atoms with Crippen molar-refractivity contribution in [2.75, 3.05) is 18.1 Å². The highest BCUT2D eigenvalue weighted by atomic mass is 32.2. The SMILES string of the molecule is CCCCCCC(C)OC(=O)CNC1CCS(=O)(=O)C1. The van der Waals surface area contributed by atoms with Gasteiger partial charge in [-0.15, -0.1) is 0 Å². The van der Waals surface area contributed by atoms with Gasteiger partial charge in [0.2, 0.25) is 0 Å². The van der Waals surface area contributed by atoms with Crippen LogP contribution in [0.3, 0.4) is 0 Å². The molecule has 2 atom stereocenters. The van der Waals surface area contributed by atoms with Gasteiger partial charge in [-0.1, -0.05) is 26.2 Å². The highest BCUT2D eigenvalue weighted by Gasteiger charge is 2.27. The summed E-state index contributed by atoms with van der Waals surface area (Å²) < 4.78 is 27.8. The Bertz CT molecular complexity index is 394. The van der Waals surface area contributed by atoms with Crippen LogP contribution in [0.25, 0.3) is 0 Å². The zero-order valence-corrected chi connectivity index (χ0v) is 13.4. The lowest BCUT2D eigenvalue weighted by Crippen LogP contribution is -2.36. The number of rotatable bonds is 9. The molecular weight excluding hydrogens is 278 g/mol. The van der Waals surface area contributed by atoms with E-state index < -0.39 is 9.84 Å². The van der Waals surface area contributed by atoms with Gasteiger partial charge in [-0.3, -0.25) is 4.79 Å². The minimum Gasteiger partial charge on any atom is -0.462 e. The predicted octanol–water partition coefficient (Wildman–Crippen LogP) is 1.67. The molecule has 1 fully saturated rings. The summed E-state index contributed by atoms with van der Waals surface area (Å²) in [5, 5.41) is 2.97. The van der Waals surface area contributed by atoms with Crippen LogP contribution in [0.5, 0.6) is 0 Å². The van der Waals surface area contributed by atoms with Crippen LogP contribution in [-0.2, 0) is 19.4 Å². The zero-order valence-electron chi connectivity index (χ0n) is 12.6. The van der Waals surface area contributed by atoms with Crippen molar-refractivity contribution in [2.24, 2.45) is 0 Å². The summed E-state index contributed by atoms with van der Waals surface area (Å²) >= 11 is 0. The first-order valence-corrected chi connectivity index (χ1v) is 9.38. The quantitative estimate of drug-likeness (QED) is 0.518. The molecule has 1 heterocycles. The van der Waals surface area contributed by atoms with Crippen molar-refractivity contribution in [3.8, 4) is 0 Å². The second kappa shape index (κ2) is 8.62. The molecule has 1 saturated heterocycles. The summed E-state index contributed by atoms with van der Waals surface area (Å²) in [6, 6.07) is -0.104. The van der Waals surface area contributed by atoms with Crippen LogP contribution < -0.4 is 5.32 Å². The monoisotopic (exact) mass is 305 g/mol. The van der Waals surface area contributed by atoms with E-state index in [2.05, 4.69) is 12.2 Å². The highest BCUT2D eigenvalue weighted by molar-refractivity contribution is 7.91. The summed E-state index contributed by atoms with van der Waals surface area (Å²) in [6.07, 6.45) is 6.09. The summed E-state index contributed by atoms with van der Waals surface area (Å²) in [6.45, 7) is 4.17. The van der Waals surface area contributed by atoms with Crippen molar-refractivity contribution < 1.29 is 17.9 Å². The minimum absolute atomic E-state index is 0.0616. The first kappa shape index (κ1) is 17.4. The van der Waals surface area contributed by atoms with Gasteiger partial charge in [0.15, 0.2) is 9.84 Å². The fourth-order valence-corrected chi connectivity index (χ4v) is 4.08. The van der Waals surface area contributed by atoms with Crippen LogP contribution in [0.1, 0.15) is 52.4 Å². The molecule has 0 aliphatic carbocycles. The molecule has 0 aromatic carbocycles. The van der Waals surface area contributed by atoms with Gasteiger partial charge in [-0.25, -0.2) is 8.42 Å². The highest BCUT2D eigenvalue weighted by Crippen LogP contribution is 2.11. The number of hydrogen-bond acceptors (Lipinski definition) is 5. The van der Waals surface area contributed by atoms with Crippen LogP contribution in [-0.4, -0.2) is 44.6 Å². The van der Waals surface area contributed by atoms with E-state index in [-0.39, 0.29) is 36.2 Å². The summed E-state index contributed by atoms with van der Waals surface area (Å²) in [5.74, 6) is 0.0534. The summed E-state index contributed by atoms with van der Waals surface area (Å²) in [7, 11) is -2.90. The average Bonchev–Trinajstić information content (AvgIpc) is 2.72. The van der Waals surface area contributed by atoms with Crippen LogP contribution >= 0.6 is 0 Å². The topological polar surface area (TPSA) is 72.5 Å². The molecule has 0 bridgehead atoms. The van der Waals surface area contributed by atoms with Crippen LogP contribution in [0.4, 0.5) is 0 Å². The predicted molar refractivity (Wildman–Crippen MR) is 79.4 cm³/mol. The summed E-state index contributed by atoms with van der Waals surface area (Å²) in [4.78, 5) is 11.6. The van der Waals surface area contributed by atoms with Gasteiger partial charge >= 0.3 is 5.97 Å². The summed E-state index contributed by atoms with van der Waals surface area (Å²) in [5.41, 5.74) is 0. The molecule has 1 rings (SSSR count). The molecule has 1 N–H and O–H groups in total. The van der Waals surface area contributed by atoms with Crippen LogP contribution in [0.15, 0.2) is 0 Å². The molecule has 1 aliphatic rings. The molecule has 0 aromatic heterocycles. The third kappa shape index (κ3) is 7.24. The maximum absolute atomic E-state index is 11.6. The second-order valence-corrected chi connectivity index (χ2v) is 7.86. The molecule has 20 heavy (non-hydrogen) atoms. The van der Waals surface area contributed by atoms with Gasteiger partial charge in [0.25, 0.3) is 0 Å². The smallest absolute Gasteiger partial charge is 0.320 e. The molecule has 118 valence electrons. The third-order valence-electron chi connectivity index (χ3n) is 3.56. The number of hydrogen-bond donors (Lipinski definition) is 1. The number of nitrogens with one attached hydrogen (secondary N) is 1. The van der Waals surface area contributed by atoms with Crippen molar-refractivity contribution in [1.29, 1.82) is 0 Å². The molecule has 0 amide bonds. The molecular formula is C14H27NO4S. The molecule has 6 heteroatoms. The zero-order chi connectivity index (χ0) is 15.0. The molecule has 2 unspecified atom stereocenters. The molecule has 0 aromatic rings. The van der Waals surface area contributed by atoms with Crippen molar-refractivity contribution in [1.82, 2.24) is 5.32 Å². The van der Waals surface area contributed by atoms with Gasteiger partial charge in [0.1, 0.15) is 0 Å². The van der Waals surface area contributed by atoms with Crippen molar-refractivity contribution in [3.63, 3.8) is 0 Å². The van der Waals surface area contributed by atoms with E-state index in [4.69, 9.17) is 4.74 Å². The molecule has 5 nitrogen and oxygen atoms in total. The lowest BCUT2D eigenvalue weighted by molar-refractivity contribution is -0.147. The largest absolute Gasteiger partial charge is 0.462 e. The van der Waals surface area contributed by atoms with Gasteiger partial charge in [0, 0.05) is 6.04 Å². The first-order chi connectivity index (χ1) is 9.43. The van der Waals surface area contributed by atoms with E-state index in [9.17, 15) is 13.2 Å². The lowest BCUT2D eigenvalue weighted by atomic mass is 10.1. The average molecular weight is 305 g/mol. The molecule has 1 aliphatic heterocycles. The van der Waals surface area contributed by atoms with E-state index in [1.807, 2.05) is 6.92 Å². The van der Waals surface area contributed by atoms with Gasteiger partial charge < -0.3 is 10.1 Å². The molecule has 0 saturated carbocycles. The normalized spacial score (nSPS) is 22.6. The Morgan fingerprint density at radius 3 is 2.70 bits per heavy atom. The van der Waals surface area contributed by atoms with Crippen LogP contribution in [0, 0.1) is 0 Å². The number of ether oxygens (including phenoxy) is 1. The third-order valence-corrected chi connectivity index (χ3v) is 5.33.